The van der Waals surface area contributed by atoms with Gasteiger partial charge in [0.25, 0.3) is 0 Å². The summed E-state index contributed by atoms with van der Waals surface area (Å²) in [4.78, 5) is 0. The van der Waals surface area contributed by atoms with Crippen molar-refractivity contribution in [1.29, 1.82) is 5.26 Å². The summed E-state index contributed by atoms with van der Waals surface area (Å²) in [6.07, 6.45) is 11.0. The Balaban J connectivity index is 1.29. The summed E-state index contributed by atoms with van der Waals surface area (Å²) in [5.74, 6) is 1.48. The summed E-state index contributed by atoms with van der Waals surface area (Å²) in [6.45, 7) is 0. The van der Waals surface area contributed by atoms with E-state index in [0.717, 1.165) is 55.9 Å². The fourth-order valence-corrected chi connectivity index (χ4v) is 5.48. The van der Waals surface area contributed by atoms with Crippen molar-refractivity contribution in [2.75, 3.05) is 0 Å². The van der Waals surface area contributed by atoms with Gasteiger partial charge in [-0.25, -0.2) is 0 Å². The van der Waals surface area contributed by atoms with Gasteiger partial charge < -0.3 is 0 Å². The maximum atomic E-state index is 13.1. The summed E-state index contributed by atoms with van der Waals surface area (Å²) in [5, 5.41) is 8.55. The number of nitrogens with zero attached hydrogens (tertiary/aromatic N) is 1. The molecule has 0 aliphatic heterocycles. The summed E-state index contributed by atoms with van der Waals surface area (Å²) in [5.41, 5.74) is 0.482. The van der Waals surface area contributed by atoms with Crippen molar-refractivity contribution in [2.45, 2.75) is 89.1 Å². The van der Waals surface area contributed by atoms with E-state index < -0.39 is 17.6 Å². The van der Waals surface area contributed by atoms with E-state index in [1.807, 2.05) is 0 Å². The molecule has 31 heavy (non-hydrogen) atoms. The first-order chi connectivity index (χ1) is 14.8. The number of benzene rings is 1. The molecule has 0 spiro atoms. The smallest absolute Gasteiger partial charge is 0.195 e. The molecular formula is C26H33F4N. The number of halogens is 4. The summed E-state index contributed by atoms with van der Waals surface area (Å²) < 4.78 is 51.3. The van der Waals surface area contributed by atoms with Gasteiger partial charge in [0.05, 0.1) is 5.56 Å². The topological polar surface area (TPSA) is 23.8 Å². The van der Waals surface area contributed by atoms with Crippen molar-refractivity contribution in [3.63, 3.8) is 0 Å². The van der Waals surface area contributed by atoms with Gasteiger partial charge in [-0.05, 0) is 98.8 Å². The summed E-state index contributed by atoms with van der Waals surface area (Å²) in [7, 11) is 0. The van der Waals surface area contributed by atoms with Gasteiger partial charge in [0, 0.05) is 0 Å². The second kappa shape index (κ2) is 11.2. The van der Waals surface area contributed by atoms with E-state index in [4.69, 9.17) is 5.26 Å². The highest BCUT2D eigenvalue weighted by atomic mass is 19.4. The molecular weight excluding hydrogens is 402 g/mol. The Labute approximate surface area is 183 Å². The molecule has 0 saturated heterocycles. The lowest BCUT2D eigenvalue weighted by Gasteiger charge is -2.29. The maximum Gasteiger partial charge on any atom is 0.416 e. The normalized spacial score (nSPS) is 27.6. The van der Waals surface area contributed by atoms with Crippen molar-refractivity contribution in [2.24, 2.45) is 17.8 Å². The fourth-order valence-electron chi connectivity index (χ4n) is 5.48. The van der Waals surface area contributed by atoms with E-state index in [0.29, 0.717) is 5.92 Å². The van der Waals surface area contributed by atoms with Crippen molar-refractivity contribution >= 4 is 0 Å². The van der Waals surface area contributed by atoms with Crippen LogP contribution in [-0.4, -0.2) is 0 Å². The molecule has 1 nitrogen and oxygen atoms in total. The molecule has 2 aliphatic rings. The minimum Gasteiger partial charge on any atom is -0.195 e. The number of hydrogen-bond acceptors (Lipinski definition) is 1. The molecule has 0 unspecified atom stereocenters. The first-order valence-electron chi connectivity index (χ1n) is 11.8. The molecule has 0 heterocycles. The van der Waals surface area contributed by atoms with Crippen LogP contribution in [0.15, 0.2) is 36.2 Å². The minimum atomic E-state index is -4.26. The van der Waals surface area contributed by atoms with Gasteiger partial charge >= 0.3 is 6.18 Å². The largest absolute Gasteiger partial charge is 0.416 e. The molecule has 2 fully saturated rings. The van der Waals surface area contributed by atoms with Gasteiger partial charge in [0.2, 0.25) is 0 Å². The molecule has 0 amide bonds. The number of allylic oxidation sites excluding steroid dienone is 2. The SMILES string of the molecule is N#C/C(F)=C/[C@H]1CC[C@H](CCCC[C@H]2CC[C@H](c3ccc(C(F)(F)F)cc3)CC2)CC1. The third kappa shape index (κ3) is 7.37. The number of unbranched alkanes of at least 4 members (excludes halogenated alkanes) is 1. The molecule has 3 rings (SSSR count). The van der Waals surface area contributed by atoms with Crippen LogP contribution in [0.1, 0.15) is 94.1 Å². The molecule has 0 aromatic heterocycles. The second-order valence-corrected chi connectivity index (χ2v) is 9.53. The highest BCUT2D eigenvalue weighted by molar-refractivity contribution is 5.27. The van der Waals surface area contributed by atoms with E-state index in [-0.39, 0.29) is 5.92 Å². The van der Waals surface area contributed by atoms with Gasteiger partial charge in [0.1, 0.15) is 6.07 Å². The molecule has 170 valence electrons. The lowest BCUT2D eigenvalue weighted by molar-refractivity contribution is -0.137. The van der Waals surface area contributed by atoms with Gasteiger partial charge in [0.15, 0.2) is 5.83 Å². The first kappa shape index (κ1) is 23.8. The molecule has 5 heteroatoms. The minimum absolute atomic E-state index is 0.232. The van der Waals surface area contributed by atoms with Gasteiger partial charge in [-0.15, -0.1) is 0 Å². The third-order valence-corrected chi connectivity index (χ3v) is 7.41. The molecule has 2 aliphatic carbocycles. The molecule has 0 N–H and O–H groups in total. The van der Waals surface area contributed by atoms with Crippen LogP contribution in [0.2, 0.25) is 0 Å². The van der Waals surface area contributed by atoms with Crippen molar-refractivity contribution in [3.05, 3.63) is 47.3 Å². The molecule has 1 aromatic carbocycles. The van der Waals surface area contributed by atoms with E-state index >= 15 is 0 Å². The Morgan fingerprint density at radius 3 is 1.87 bits per heavy atom. The Hall–Kier alpha value is -1.83. The van der Waals surface area contributed by atoms with Crippen molar-refractivity contribution in [1.82, 2.24) is 0 Å². The van der Waals surface area contributed by atoms with Crippen LogP contribution < -0.4 is 0 Å². The lowest BCUT2D eigenvalue weighted by atomic mass is 9.76. The quantitative estimate of drug-likeness (QED) is 0.239. The second-order valence-electron chi connectivity index (χ2n) is 9.53. The summed E-state index contributed by atoms with van der Waals surface area (Å²) in [6, 6.07) is 7.32. The number of nitriles is 1. The standard InChI is InChI=1S/C26H33F4N/c27-25(18-31)17-21-7-5-19(6-8-21)3-1-2-4-20-9-11-22(12-10-20)23-13-15-24(16-14-23)26(28,29)30/h13-17,19-22H,1-12H2/b25-17-/t19-,20-,21-,22-. The van der Waals surface area contributed by atoms with Crippen LogP contribution >= 0.6 is 0 Å². The molecule has 1 aromatic rings. The number of alkyl halides is 3. The van der Waals surface area contributed by atoms with Crippen molar-refractivity contribution in [3.8, 4) is 6.07 Å². The van der Waals surface area contributed by atoms with Crippen molar-refractivity contribution < 1.29 is 17.6 Å². The highest BCUT2D eigenvalue weighted by Gasteiger charge is 2.30. The van der Waals surface area contributed by atoms with Crippen LogP contribution in [0.3, 0.4) is 0 Å². The van der Waals surface area contributed by atoms with E-state index in [1.54, 1.807) is 18.2 Å². The van der Waals surface area contributed by atoms with Crippen LogP contribution in [0.25, 0.3) is 0 Å². The average Bonchev–Trinajstić information content (AvgIpc) is 2.77. The van der Waals surface area contributed by atoms with E-state index in [2.05, 4.69) is 0 Å². The maximum absolute atomic E-state index is 13.1. The first-order valence-corrected chi connectivity index (χ1v) is 11.8. The number of rotatable bonds is 7. The highest BCUT2D eigenvalue weighted by Crippen LogP contribution is 2.39. The number of hydrogen-bond donors (Lipinski definition) is 0. The molecule has 0 bridgehead atoms. The molecule has 2 saturated carbocycles. The Morgan fingerprint density at radius 1 is 0.871 bits per heavy atom. The zero-order valence-corrected chi connectivity index (χ0v) is 18.1. The summed E-state index contributed by atoms with van der Waals surface area (Å²) >= 11 is 0. The monoisotopic (exact) mass is 435 g/mol. The zero-order chi connectivity index (χ0) is 22.3. The Morgan fingerprint density at radius 2 is 1.39 bits per heavy atom. The van der Waals surface area contributed by atoms with E-state index in [1.165, 1.54) is 56.7 Å². The van der Waals surface area contributed by atoms with Gasteiger partial charge in [-0.3, -0.25) is 0 Å². The molecule has 0 atom stereocenters. The average molecular weight is 436 g/mol. The Kier molecular flexibility index (Phi) is 8.58. The van der Waals surface area contributed by atoms with Crippen LogP contribution in [0.4, 0.5) is 17.6 Å². The molecule has 0 radical (unpaired) electrons. The van der Waals surface area contributed by atoms with Gasteiger partial charge in [-0.2, -0.15) is 22.8 Å². The Bertz CT molecular complexity index is 743. The van der Waals surface area contributed by atoms with E-state index in [9.17, 15) is 17.6 Å². The predicted molar refractivity (Wildman–Crippen MR) is 115 cm³/mol. The predicted octanol–water partition coefficient (Wildman–Crippen LogP) is 8.72. The fraction of sp³-hybridized carbons (Fsp3) is 0.654. The third-order valence-electron chi connectivity index (χ3n) is 7.41. The van der Waals surface area contributed by atoms with Crippen LogP contribution in [0.5, 0.6) is 0 Å². The zero-order valence-electron chi connectivity index (χ0n) is 18.1. The van der Waals surface area contributed by atoms with Crippen LogP contribution in [0, 0.1) is 29.1 Å². The van der Waals surface area contributed by atoms with Crippen LogP contribution in [-0.2, 0) is 6.18 Å². The lowest BCUT2D eigenvalue weighted by Crippen LogP contribution is -2.15. The van der Waals surface area contributed by atoms with Gasteiger partial charge in [-0.1, -0.05) is 37.8 Å².